The number of hydrogen-bond acceptors (Lipinski definition) is 4. The van der Waals surface area contributed by atoms with Crippen LogP contribution in [-0.4, -0.2) is 44.7 Å². The Balaban J connectivity index is 1.77. The van der Waals surface area contributed by atoms with Gasteiger partial charge < -0.3 is 9.64 Å². The zero-order valence-corrected chi connectivity index (χ0v) is 14.2. The summed E-state index contributed by atoms with van der Waals surface area (Å²) in [5.74, 6) is 0.613. The summed E-state index contributed by atoms with van der Waals surface area (Å²) in [7, 11) is -3.49. The molecule has 0 spiro atoms. The van der Waals surface area contributed by atoms with Gasteiger partial charge in [-0.1, -0.05) is 17.7 Å². The van der Waals surface area contributed by atoms with Crippen LogP contribution in [0.3, 0.4) is 0 Å². The third-order valence-electron chi connectivity index (χ3n) is 3.95. The number of nitrogens with two attached hydrogens (primary N) is 1. The Morgan fingerprint density at radius 3 is 2.70 bits per heavy atom. The molecule has 0 radical (unpaired) electrons. The Hall–Kier alpha value is -1.60. The Kier molecular flexibility index (Phi) is 6.01. The lowest BCUT2D eigenvalue weighted by atomic mass is 10.00. The standard InChI is InChI=1S/C16H24N2O4S/c1-13-4-6-15(7-5-13)22-10-8-16(19)18-9-2-3-14(11-18)12-23(17,20)21/h4-7,14H,2-3,8-12H2,1H3,(H2,17,20,21). The third-order valence-corrected chi connectivity index (χ3v) is 4.88. The lowest BCUT2D eigenvalue weighted by Gasteiger charge is -2.32. The van der Waals surface area contributed by atoms with Crippen molar-refractivity contribution in [1.82, 2.24) is 4.90 Å². The molecule has 0 saturated carbocycles. The second kappa shape index (κ2) is 7.79. The van der Waals surface area contributed by atoms with Gasteiger partial charge in [0.05, 0.1) is 18.8 Å². The van der Waals surface area contributed by atoms with Crippen molar-refractivity contribution in [3.05, 3.63) is 29.8 Å². The smallest absolute Gasteiger partial charge is 0.226 e. The van der Waals surface area contributed by atoms with Crippen LogP contribution >= 0.6 is 0 Å². The minimum absolute atomic E-state index is 0.00349. The first-order valence-corrected chi connectivity index (χ1v) is 9.53. The van der Waals surface area contributed by atoms with Crippen LogP contribution in [0, 0.1) is 12.8 Å². The van der Waals surface area contributed by atoms with E-state index in [2.05, 4.69) is 0 Å². The number of carbonyl (C=O) groups excluding carboxylic acids is 1. The van der Waals surface area contributed by atoms with Gasteiger partial charge >= 0.3 is 0 Å². The summed E-state index contributed by atoms with van der Waals surface area (Å²) >= 11 is 0. The molecule has 6 nitrogen and oxygen atoms in total. The first kappa shape index (κ1) is 17.7. The summed E-state index contributed by atoms with van der Waals surface area (Å²) < 4.78 is 27.9. The summed E-state index contributed by atoms with van der Waals surface area (Å²) in [5, 5.41) is 5.09. The number of likely N-dealkylation sites (tertiary alicyclic amines) is 1. The second-order valence-electron chi connectivity index (χ2n) is 6.09. The van der Waals surface area contributed by atoms with Crippen LogP contribution in [0.2, 0.25) is 0 Å². The van der Waals surface area contributed by atoms with Gasteiger partial charge in [0.25, 0.3) is 0 Å². The normalized spacial score (nSPS) is 18.7. The van der Waals surface area contributed by atoms with E-state index in [1.54, 1.807) is 4.90 Å². The first-order valence-electron chi connectivity index (χ1n) is 7.81. The van der Waals surface area contributed by atoms with Crippen molar-refractivity contribution in [1.29, 1.82) is 0 Å². The van der Waals surface area contributed by atoms with E-state index in [1.165, 1.54) is 0 Å². The van der Waals surface area contributed by atoms with Crippen LogP contribution in [-0.2, 0) is 14.8 Å². The van der Waals surface area contributed by atoms with E-state index >= 15 is 0 Å². The maximum atomic E-state index is 12.2. The summed E-state index contributed by atoms with van der Waals surface area (Å²) in [6, 6.07) is 7.67. The van der Waals surface area contributed by atoms with Crippen molar-refractivity contribution < 1.29 is 17.9 Å². The maximum Gasteiger partial charge on any atom is 0.226 e. The molecule has 1 atom stereocenters. The molecule has 1 aromatic carbocycles. The number of primary sulfonamides is 1. The van der Waals surface area contributed by atoms with Gasteiger partial charge in [-0.25, -0.2) is 13.6 Å². The van der Waals surface area contributed by atoms with E-state index in [0.717, 1.165) is 24.2 Å². The fraction of sp³-hybridized carbons (Fsp3) is 0.562. The number of aryl methyl sites for hydroxylation is 1. The van der Waals surface area contributed by atoms with E-state index < -0.39 is 10.0 Å². The highest BCUT2D eigenvalue weighted by Crippen LogP contribution is 2.18. The summed E-state index contributed by atoms with van der Waals surface area (Å²) in [6.07, 6.45) is 1.89. The van der Waals surface area contributed by atoms with E-state index in [-0.39, 0.29) is 24.0 Å². The van der Waals surface area contributed by atoms with Crippen molar-refractivity contribution in [3.8, 4) is 5.75 Å². The van der Waals surface area contributed by atoms with Crippen LogP contribution < -0.4 is 9.88 Å². The molecule has 2 rings (SSSR count). The number of piperidine rings is 1. The van der Waals surface area contributed by atoms with Crippen LogP contribution in [0.25, 0.3) is 0 Å². The molecule has 1 fully saturated rings. The molecule has 0 aliphatic carbocycles. The Morgan fingerprint density at radius 2 is 2.04 bits per heavy atom. The molecule has 1 saturated heterocycles. The molecule has 0 aromatic heterocycles. The predicted molar refractivity (Wildman–Crippen MR) is 88.6 cm³/mol. The summed E-state index contributed by atoms with van der Waals surface area (Å²) in [4.78, 5) is 13.9. The molecule has 128 valence electrons. The van der Waals surface area contributed by atoms with Crippen molar-refractivity contribution in [2.45, 2.75) is 26.2 Å². The highest BCUT2D eigenvalue weighted by atomic mass is 32.2. The molecule has 1 aliphatic heterocycles. The topological polar surface area (TPSA) is 89.7 Å². The third kappa shape index (κ3) is 6.19. The number of carbonyl (C=O) groups is 1. The van der Waals surface area contributed by atoms with Gasteiger partial charge in [0.2, 0.25) is 15.9 Å². The minimum atomic E-state index is -3.49. The largest absolute Gasteiger partial charge is 0.493 e. The summed E-state index contributed by atoms with van der Waals surface area (Å²) in [5.41, 5.74) is 1.16. The molecule has 0 bridgehead atoms. The number of hydrogen-bond donors (Lipinski definition) is 1. The molecule has 1 heterocycles. The number of sulfonamides is 1. The lowest BCUT2D eigenvalue weighted by Crippen LogP contribution is -2.42. The highest BCUT2D eigenvalue weighted by Gasteiger charge is 2.26. The van der Waals surface area contributed by atoms with Crippen molar-refractivity contribution in [3.63, 3.8) is 0 Å². The highest BCUT2D eigenvalue weighted by molar-refractivity contribution is 7.89. The van der Waals surface area contributed by atoms with Gasteiger partial charge in [0.1, 0.15) is 5.75 Å². The minimum Gasteiger partial charge on any atom is -0.493 e. The Bertz CT molecular complexity index is 628. The van der Waals surface area contributed by atoms with Crippen molar-refractivity contribution in [2.24, 2.45) is 11.1 Å². The fourth-order valence-corrected chi connectivity index (χ4v) is 3.73. The number of rotatable bonds is 6. The molecule has 2 N–H and O–H groups in total. The van der Waals surface area contributed by atoms with Gasteiger partial charge in [-0.05, 0) is 37.8 Å². The van der Waals surface area contributed by atoms with Gasteiger partial charge in [-0.3, -0.25) is 4.79 Å². The summed E-state index contributed by atoms with van der Waals surface area (Å²) in [6.45, 7) is 3.45. The number of ether oxygens (including phenoxy) is 1. The molecular formula is C16H24N2O4S. The number of benzene rings is 1. The molecule has 1 amide bonds. The Morgan fingerprint density at radius 1 is 1.35 bits per heavy atom. The van der Waals surface area contributed by atoms with E-state index in [1.807, 2.05) is 31.2 Å². The molecular weight excluding hydrogens is 316 g/mol. The fourth-order valence-electron chi connectivity index (χ4n) is 2.80. The van der Waals surface area contributed by atoms with Gasteiger partial charge in [-0.2, -0.15) is 0 Å². The van der Waals surface area contributed by atoms with Gasteiger partial charge in [0, 0.05) is 13.1 Å². The molecule has 1 aliphatic rings. The van der Waals surface area contributed by atoms with Crippen LogP contribution in [0.15, 0.2) is 24.3 Å². The first-order chi connectivity index (χ1) is 10.8. The number of nitrogens with zero attached hydrogens (tertiary/aromatic N) is 1. The van der Waals surface area contributed by atoms with Crippen molar-refractivity contribution >= 4 is 15.9 Å². The van der Waals surface area contributed by atoms with Gasteiger partial charge in [0.15, 0.2) is 0 Å². The Labute approximate surface area is 137 Å². The molecule has 1 aromatic rings. The maximum absolute atomic E-state index is 12.2. The average Bonchev–Trinajstić information content (AvgIpc) is 2.48. The zero-order valence-electron chi connectivity index (χ0n) is 13.4. The van der Waals surface area contributed by atoms with E-state index in [4.69, 9.17) is 9.88 Å². The molecule has 23 heavy (non-hydrogen) atoms. The zero-order chi connectivity index (χ0) is 16.9. The average molecular weight is 340 g/mol. The predicted octanol–water partition coefficient (Wildman–Crippen LogP) is 1.29. The molecule has 7 heteroatoms. The van der Waals surface area contributed by atoms with Crippen LogP contribution in [0.4, 0.5) is 0 Å². The van der Waals surface area contributed by atoms with Crippen LogP contribution in [0.5, 0.6) is 5.75 Å². The van der Waals surface area contributed by atoms with Crippen LogP contribution in [0.1, 0.15) is 24.8 Å². The van der Waals surface area contributed by atoms with Gasteiger partial charge in [-0.15, -0.1) is 0 Å². The van der Waals surface area contributed by atoms with E-state index in [9.17, 15) is 13.2 Å². The lowest BCUT2D eigenvalue weighted by molar-refractivity contribution is -0.133. The monoisotopic (exact) mass is 340 g/mol. The van der Waals surface area contributed by atoms with E-state index in [0.29, 0.717) is 19.7 Å². The molecule has 1 unspecified atom stereocenters. The quantitative estimate of drug-likeness (QED) is 0.845. The van der Waals surface area contributed by atoms with Crippen molar-refractivity contribution in [2.75, 3.05) is 25.4 Å². The number of amides is 1. The SMILES string of the molecule is Cc1ccc(OCCC(=O)N2CCCC(CS(N)(=O)=O)C2)cc1. The second-order valence-corrected chi connectivity index (χ2v) is 7.75.